The lowest BCUT2D eigenvalue weighted by Gasteiger charge is -2.19. The first kappa shape index (κ1) is 24.9. The van der Waals surface area contributed by atoms with Gasteiger partial charge in [-0.05, 0) is 58.4 Å². The summed E-state index contributed by atoms with van der Waals surface area (Å²) >= 11 is 0. The maximum atomic E-state index is 9.44. The van der Waals surface area contributed by atoms with Crippen LogP contribution >= 0.6 is 0 Å². The van der Waals surface area contributed by atoms with Gasteiger partial charge in [0.25, 0.3) is 0 Å². The predicted molar refractivity (Wildman–Crippen MR) is 134 cm³/mol. The van der Waals surface area contributed by atoms with Gasteiger partial charge in [0.2, 0.25) is 0 Å². The Labute approximate surface area is 206 Å². The second kappa shape index (κ2) is 10.6. The zero-order valence-corrected chi connectivity index (χ0v) is 21.7. The molecule has 0 aliphatic rings. The monoisotopic (exact) mass is 479 g/mol. The van der Waals surface area contributed by atoms with Crippen LogP contribution in [-0.2, 0) is 40.3 Å². The van der Waals surface area contributed by atoms with Crippen molar-refractivity contribution < 1.29 is 5.11 Å². The molecule has 0 radical (unpaired) electrons. The zero-order valence-electron chi connectivity index (χ0n) is 21.7. The van der Waals surface area contributed by atoms with Gasteiger partial charge in [0.1, 0.15) is 0 Å². The van der Waals surface area contributed by atoms with E-state index in [1.807, 2.05) is 32.8 Å². The van der Waals surface area contributed by atoms with Crippen LogP contribution in [0.3, 0.4) is 0 Å². The molecule has 188 valence electrons. The Balaban J connectivity index is 1.45. The topological polar surface area (TPSA) is 94.8 Å². The van der Waals surface area contributed by atoms with E-state index in [9.17, 15) is 5.11 Å². The van der Waals surface area contributed by atoms with Crippen LogP contribution in [0.4, 0.5) is 0 Å². The van der Waals surface area contributed by atoms with Crippen LogP contribution < -0.4 is 0 Å². The van der Waals surface area contributed by atoms with E-state index in [-0.39, 0.29) is 6.61 Å². The molecule has 0 aliphatic heterocycles. The standard InChI is InChI=1S/C25H37N9O/c1-18-10-24(26-30(18)5)16-33-20(3)12-22(28-33)14-32(8-7-9-35)15-23-13-21(4)34(29-23)17-25-11-19(2)31(6)27-25/h10-13,35H,7-9,14-17H2,1-6H3. The number of nitrogens with zero attached hydrogens (tertiary/aromatic N) is 9. The molecule has 4 aromatic heterocycles. The summed E-state index contributed by atoms with van der Waals surface area (Å²) in [7, 11) is 3.92. The zero-order chi connectivity index (χ0) is 25.1. The molecule has 0 atom stereocenters. The molecule has 0 saturated carbocycles. The number of aromatic nitrogens is 8. The average Bonchev–Trinajstić information content (AvgIpc) is 3.50. The molecular formula is C25H37N9O. The van der Waals surface area contributed by atoms with E-state index in [1.165, 1.54) is 0 Å². The molecule has 35 heavy (non-hydrogen) atoms. The summed E-state index contributed by atoms with van der Waals surface area (Å²) in [6, 6.07) is 8.46. The Hall–Kier alpha value is -3.24. The number of hydrogen-bond acceptors (Lipinski definition) is 6. The van der Waals surface area contributed by atoms with E-state index in [1.54, 1.807) is 0 Å². The normalized spacial score (nSPS) is 11.8. The van der Waals surface area contributed by atoms with Crippen LogP contribution in [-0.4, -0.2) is 62.3 Å². The third-order valence-electron chi connectivity index (χ3n) is 6.42. The molecule has 0 amide bonds. The van der Waals surface area contributed by atoms with Gasteiger partial charge in [-0.15, -0.1) is 0 Å². The van der Waals surface area contributed by atoms with Crippen LogP contribution in [0.25, 0.3) is 0 Å². The summed E-state index contributed by atoms with van der Waals surface area (Å²) in [5, 5.41) is 28.3. The van der Waals surface area contributed by atoms with Crippen molar-refractivity contribution in [2.75, 3.05) is 13.2 Å². The smallest absolute Gasteiger partial charge is 0.0853 e. The number of rotatable bonds is 11. The Kier molecular flexibility index (Phi) is 7.51. The molecule has 0 bridgehead atoms. The molecule has 10 heteroatoms. The fourth-order valence-electron chi connectivity index (χ4n) is 4.33. The summed E-state index contributed by atoms with van der Waals surface area (Å²) in [6.45, 7) is 11.9. The average molecular weight is 480 g/mol. The fourth-order valence-corrected chi connectivity index (χ4v) is 4.33. The lowest BCUT2D eigenvalue weighted by Crippen LogP contribution is -2.25. The van der Waals surface area contributed by atoms with Crippen molar-refractivity contribution in [2.24, 2.45) is 14.1 Å². The van der Waals surface area contributed by atoms with Crippen molar-refractivity contribution in [1.29, 1.82) is 0 Å². The van der Waals surface area contributed by atoms with Gasteiger partial charge in [-0.2, -0.15) is 20.4 Å². The van der Waals surface area contributed by atoms with Gasteiger partial charge in [-0.3, -0.25) is 23.6 Å². The van der Waals surface area contributed by atoms with Crippen LogP contribution in [0, 0.1) is 27.7 Å². The summed E-state index contributed by atoms with van der Waals surface area (Å²) in [5.41, 5.74) is 8.50. The molecule has 0 unspecified atom stereocenters. The Morgan fingerprint density at radius 3 is 1.46 bits per heavy atom. The number of aryl methyl sites for hydroxylation is 6. The van der Waals surface area contributed by atoms with Gasteiger partial charge in [0.15, 0.2) is 0 Å². The first-order chi connectivity index (χ1) is 16.7. The molecule has 0 saturated heterocycles. The second-order valence-corrected chi connectivity index (χ2v) is 9.46. The van der Waals surface area contributed by atoms with Crippen LogP contribution in [0.2, 0.25) is 0 Å². The molecule has 10 nitrogen and oxygen atoms in total. The van der Waals surface area contributed by atoms with Crippen molar-refractivity contribution in [3.05, 3.63) is 69.8 Å². The van der Waals surface area contributed by atoms with E-state index >= 15 is 0 Å². The van der Waals surface area contributed by atoms with E-state index in [4.69, 9.17) is 10.2 Å². The van der Waals surface area contributed by atoms with Crippen molar-refractivity contribution in [3.63, 3.8) is 0 Å². The van der Waals surface area contributed by atoms with Gasteiger partial charge >= 0.3 is 0 Å². The van der Waals surface area contributed by atoms with Crippen molar-refractivity contribution in [1.82, 2.24) is 44.0 Å². The van der Waals surface area contributed by atoms with Gasteiger partial charge in [-0.25, -0.2) is 0 Å². The minimum absolute atomic E-state index is 0.162. The molecule has 0 aliphatic carbocycles. The molecule has 4 aromatic rings. The Morgan fingerprint density at radius 2 is 1.09 bits per heavy atom. The highest BCUT2D eigenvalue weighted by atomic mass is 16.3. The Bertz CT molecular complexity index is 1140. The van der Waals surface area contributed by atoms with Gasteiger partial charge in [-0.1, -0.05) is 0 Å². The third kappa shape index (κ3) is 6.07. The second-order valence-electron chi connectivity index (χ2n) is 9.46. The quantitative estimate of drug-likeness (QED) is 0.355. The van der Waals surface area contributed by atoms with Crippen molar-refractivity contribution >= 4 is 0 Å². The predicted octanol–water partition coefficient (Wildman–Crippen LogP) is 2.26. The lowest BCUT2D eigenvalue weighted by atomic mass is 10.3. The highest BCUT2D eigenvalue weighted by Gasteiger charge is 2.15. The molecular weight excluding hydrogens is 442 g/mol. The maximum Gasteiger partial charge on any atom is 0.0853 e. The van der Waals surface area contributed by atoms with Crippen LogP contribution in [0.5, 0.6) is 0 Å². The highest BCUT2D eigenvalue weighted by molar-refractivity contribution is 5.15. The SMILES string of the molecule is Cc1cc(Cn2nc(CN(CCCO)Cc3cc(C)n(Cc4cc(C)n(C)n4)n3)cc2C)nn1C. The molecule has 0 spiro atoms. The first-order valence-corrected chi connectivity index (χ1v) is 12.1. The minimum atomic E-state index is 0.162. The van der Waals surface area contributed by atoms with E-state index in [0.29, 0.717) is 32.6 Å². The van der Waals surface area contributed by atoms with Crippen molar-refractivity contribution in [2.45, 2.75) is 60.3 Å². The van der Waals surface area contributed by atoms with E-state index in [2.05, 4.69) is 67.1 Å². The largest absolute Gasteiger partial charge is 0.396 e. The van der Waals surface area contributed by atoms with Gasteiger partial charge < -0.3 is 5.11 Å². The number of aliphatic hydroxyl groups is 1. The maximum absolute atomic E-state index is 9.44. The molecule has 0 fully saturated rings. The number of hydrogen-bond donors (Lipinski definition) is 1. The van der Waals surface area contributed by atoms with Crippen molar-refractivity contribution in [3.8, 4) is 0 Å². The summed E-state index contributed by atoms with van der Waals surface area (Å²) in [4.78, 5) is 2.30. The van der Waals surface area contributed by atoms with Gasteiger partial charge in [0.05, 0.1) is 35.9 Å². The Morgan fingerprint density at radius 1 is 0.657 bits per heavy atom. The summed E-state index contributed by atoms with van der Waals surface area (Å²) in [5.74, 6) is 0. The van der Waals surface area contributed by atoms with E-state index in [0.717, 1.165) is 52.1 Å². The third-order valence-corrected chi connectivity index (χ3v) is 6.42. The molecule has 4 rings (SSSR count). The lowest BCUT2D eigenvalue weighted by molar-refractivity contribution is 0.208. The summed E-state index contributed by atoms with van der Waals surface area (Å²) in [6.07, 6.45) is 0.708. The minimum Gasteiger partial charge on any atom is -0.396 e. The van der Waals surface area contributed by atoms with Crippen LogP contribution in [0.1, 0.15) is 52.0 Å². The molecule has 1 N–H and O–H groups in total. The van der Waals surface area contributed by atoms with Gasteiger partial charge in [0, 0.05) is 63.1 Å². The highest BCUT2D eigenvalue weighted by Crippen LogP contribution is 2.14. The summed E-state index contributed by atoms with van der Waals surface area (Å²) < 4.78 is 7.80. The molecule has 0 aromatic carbocycles. The first-order valence-electron chi connectivity index (χ1n) is 12.1. The van der Waals surface area contributed by atoms with E-state index < -0.39 is 0 Å². The molecule has 4 heterocycles. The fraction of sp³-hybridized carbons (Fsp3) is 0.520. The van der Waals surface area contributed by atoms with Crippen LogP contribution in [0.15, 0.2) is 24.3 Å². The number of aliphatic hydroxyl groups excluding tert-OH is 1.